The number of carbonyl (C=O) groups is 1. The smallest absolute Gasteiger partial charge is 0.315 e. The van der Waals surface area contributed by atoms with E-state index in [2.05, 4.69) is 18.7 Å². The van der Waals surface area contributed by atoms with Gasteiger partial charge in [0.15, 0.2) is 0 Å². The van der Waals surface area contributed by atoms with Crippen LogP contribution in [0.3, 0.4) is 0 Å². The van der Waals surface area contributed by atoms with Gasteiger partial charge in [-0.1, -0.05) is 44.2 Å². The first-order valence-corrected chi connectivity index (χ1v) is 7.46. The molecular formula is C17H25NO2. The van der Waals surface area contributed by atoms with Crippen LogP contribution < -0.4 is 0 Å². The van der Waals surface area contributed by atoms with E-state index < -0.39 is 11.4 Å². The van der Waals surface area contributed by atoms with E-state index in [9.17, 15) is 9.90 Å². The summed E-state index contributed by atoms with van der Waals surface area (Å²) in [5, 5.41) is 9.74. The molecule has 0 saturated heterocycles. The van der Waals surface area contributed by atoms with E-state index >= 15 is 0 Å². The van der Waals surface area contributed by atoms with E-state index in [1.807, 2.05) is 37.3 Å². The third kappa shape index (κ3) is 3.40. The molecule has 1 unspecified atom stereocenters. The van der Waals surface area contributed by atoms with E-state index in [1.54, 1.807) is 0 Å². The fraction of sp³-hybridized carbons (Fsp3) is 0.588. The second-order valence-corrected chi connectivity index (χ2v) is 6.56. The van der Waals surface area contributed by atoms with E-state index in [1.165, 1.54) is 12.8 Å². The summed E-state index contributed by atoms with van der Waals surface area (Å²) in [7, 11) is 0. The summed E-state index contributed by atoms with van der Waals surface area (Å²) in [6.07, 6.45) is 2.41. The first-order chi connectivity index (χ1) is 9.43. The summed E-state index contributed by atoms with van der Waals surface area (Å²) < 4.78 is 0. The van der Waals surface area contributed by atoms with Crippen molar-refractivity contribution in [1.82, 2.24) is 4.90 Å². The number of aliphatic carboxylic acids is 1. The maximum atomic E-state index is 11.9. The van der Waals surface area contributed by atoms with E-state index in [4.69, 9.17) is 0 Å². The lowest BCUT2D eigenvalue weighted by molar-refractivity contribution is -0.144. The van der Waals surface area contributed by atoms with Gasteiger partial charge < -0.3 is 5.11 Å². The molecule has 0 spiro atoms. The Morgan fingerprint density at radius 2 is 1.95 bits per heavy atom. The highest BCUT2D eigenvalue weighted by atomic mass is 16.4. The van der Waals surface area contributed by atoms with Crippen molar-refractivity contribution in [1.29, 1.82) is 0 Å². The van der Waals surface area contributed by atoms with Crippen molar-refractivity contribution in [2.75, 3.05) is 13.1 Å². The van der Waals surface area contributed by atoms with Gasteiger partial charge >= 0.3 is 5.97 Å². The van der Waals surface area contributed by atoms with Crippen molar-refractivity contribution in [3.05, 3.63) is 35.9 Å². The Morgan fingerprint density at radius 1 is 1.35 bits per heavy atom. The van der Waals surface area contributed by atoms with Gasteiger partial charge in [0.25, 0.3) is 0 Å². The topological polar surface area (TPSA) is 40.5 Å². The molecule has 1 aliphatic rings. The normalized spacial score (nSPS) is 18.2. The zero-order valence-electron chi connectivity index (χ0n) is 12.7. The largest absolute Gasteiger partial charge is 0.481 e. The van der Waals surface area contributed by atoms with Gasteiger partial charge in [0, 0.05) is 19.1 Å². The third-order valence-corrected chi connectivity index (χ3v) is 4.07. The molecule has 1 aromatic rings. The van der Waals surface area contributed by atoms with E-state index in [0.717, 1.165) is 12.1 Å². The molecule has 3 nitrogen and oxygen atoms in total. The molecule has 1 aromatic carbocycles. The molecule has 1 saturated carbocycles. The minimum absolute atomic E-state index is 0.560. The second kappa shape index (κ2) is 5.96. The summed E-state index contributed by atoms with van der Waals surface area (Å²) >= 11 is 0. The molecule has 1 fully saturated rings. The van der Waals surface area contributed by atoms with Crippen LogP contribution >= 0.6 is 0 Å². The van der Waals surface area contributed by atoms with Gasteiger partial charge in [-0.3, -0.25) is 9.69 Å². The predicted molar refractivity (Wildman–Crippen MR) is 80.9 cm³/mol. The lowest BCUT2D eigenvalue weighted by atomic mass is 9.81. The van der Waals surface area contributed by atoms with E-state index in [0.29, 0.717) is 18.5 Å². The molecule has 20 heavy (non-hydrogen) atoms. The average Bonchev–Trinajstić information content (AvgIpc) is 3.22. The maximum absolute atomic E-state index is 11.9. The molecular weight excluding hydrogens is 250 g/mol. The predicted octanol–water partition coefficient (Wildman–Crippen LogP) is 3.15. The number of rotatable bonds is 7. The number of carboxylic acid groups (broad SMARTS) is 1. The first-order valence-electron chi connectivity index (χ1n) is 7.46. The van der Waals surface area contributed by atoms with Crippen LogP contribution in [0.4, 0.5) is 0 Å². The molecule has 0 radical (unpaired) electrons. The van der Waals surface area contributed by atoms with Crippen LogP contribution in [0, 0.1) is 5.92 Å². The Balaban J connectivity index is 2.22. The summed E-state index contributed by atoms with van der Waals surface area (Å²) in [5.41, 5.74) is 0.0561. The van der Waals surface area contributed by atoms with E-state index in [-0.39, 0.29) is 0 Å². The minimum Gasteiger partial charge on any atom is -0.481 e. The van der Waals surface area contributed by atoms with Crippen molar-refractivity contribution in [3.63, 3.8) is 0 Å². The standard InChI is InChI=1S/C17H25NO2/c1-13(2)11-18(15-9-10-15)12-17(3,16(19)20)14-7-5-4-6-8-14/h4-8,13,15H,9-12H2,1-3H3,(H,19,20). The van der Waals surface area contributed by atoms with Gasteiger partial charge in [-0.05, 0) is 31.2 Å². The maximum Gasteiger partial charge on any atom is 0.315 e. The fourth-order valence-corrected chi connectivity index (χ4v) is 2.75. The Labute approximate surface area is 121 Å². The summed E-state index contributed by atoms with van der Waals surface area (Å²) in [6, 6.07) is 10.2. The highest BCUT2D eigenvalue weighted by Crippen LogP contribution is 2.33. The number of carboxylic acids is 1. The van der Waals surface area contributed by atoms with Gasteiger partial charge in [0.1, 0.15) is 5.41 Å². The summed E-state index contributed by atoms with van der Waals surface area (Å²) in [5.74, 6) is -0.178. The molecule has 0 aliphatic heterocycles. The van der Waals surface area contributed by atoms with Crippen molar-refractivity contribution in [2.24, 2.45) is 5.92 Å². The van der Waals surface area contributed by atoms with Gasteiger partial charge in [0.2, 0.25) is 0 Å². The highest BCUT2D eigenvalue weighted by Gasteiger charge is 2.40. The third-order valence-electron chi connectivity index (χ3n) is 4.07. The van der Waals surface area contributed by atoms with Crippen molar-refractivity contribution in [2.45, 2.75) is 45.1 Å². The number of hydrogen-bond acceptors (Lipinski definition) is 2. The Morgan fingerprint density at radius 3 is 2.40 bits per heavy atom. The van der Waals surface area contributed by atoms with Gasteiger partial charge in [-0.15, -0.1) is 0 Å². The van der Waals surface area contributed by atoms with Crippen LogP contribution in [-0.4, -0.2) is 35.1 Å². The molecule has 1 N–H and O–H groups in total. The van der Waals surface area contributed by atoms with Crippen LogP contribution in [0.25, 0.3) is 0 Å². The molecule has 0 heterocycles. The van der Waals surface area contributed by atoms with Crippen molar-refractivity contribution >= 4 is 5.97 Å². The first kappa shape index (κ1) is 15.0. The average molecular weight is 275 g/mol. The van der Waals surface area contributed by atoms with Gasteiger partial charge in [0.05, 0.1) is 0 Å². The highest BCUT2D eigenvalue weighted by molar-refractivity contribution is 5.81. The van der Waals surface area contributed by atoms with Gasteiger partial charge in [-0.2, -0.15) is 0 Å². The van der Waals surface area contributed by atoms with Crippen molar-refractivity contribution in [3.8, 4) is 0 Å². The zero-order valence-corrected chi connectivity index (χ0v) is 12.7. The zero-order chi connectivity index (χ0) is 14.8. The number of hydrogen-bond donors (Lipinski definition) is 1. The van der Waals surface area contributed by atoms with Crippen LogP contribution in [0.15, 0.2) is 30.3 Å². The minimum atomic E-state index is -0.835. The van der Waals surface area contributed by atoms with Crippen LogP contribution in [0.2, 0.25) is 0 Å². The SMILES string of the molecule is CC(C)CN(CC(C)(C(=O)O)c1ccccc1)C1CC1. The molecule has 110 valence electrons. The molecule has 0 bridgehead atoms. The number of nitrogens with zero attached hydrogens (tertiary/aromatic N) is 1. The van der Waals surface area contributed by atoms with Crippen LogP contribution in [0.1, 0.15) is 39.2 Å². The monoisotopic (exact) mass is 275 g/mol. The molecule has 1 aliphatic carbocycles. The summed E-state index contributed by atoms with van der Waals surface area (Å²) in [6.45, 7) is 7.79. The quantitative estimate of drug-likeness (QED) is 0.831. The molecule has 3 heteroatoms. The van der Waals surface area contributed by atoms with Crippen molar-refractivity contribution < 1.29 is 9.90 Å². The summed E-state index contributed by atoms with van der Waals surface area (Å²) in [4.78, 5) is 14.2. The van der Waals surface area contributed by atoms with Crippen LogP contribution in [-0.2, 0) is 10.2 Å². The molecule has 0 amide bonds. The van der Waals surface area contributed by atoms with Crippen LogP contribution in [0.5, 0.6) is 0 Å². The lowest BCUT2D eigenvalue weighted by Gasteiger charge is -2.34. The molecule has 2 rings (SSSR count). The Hall–Kier alpha value is -1.35. The molecule has 1 atom stereocenters. The van der Waals surface area contributed by atoms with Gasteiger partial charge in [-0.25, -0.2) is 0 Å². The molecule has 0 aromatic heterocycles. The number of benzene rings is 1. The fourth-order valence-electron chi connectivity index (χ4n) is 2.75. The Kier molecular flexibility index (Phi) is 4.48. The Bertz CT molecular complexity index is 453. The second-order valence-electron chi connectivity index (χ2n) is 6.56. The lowest BCUT2D eigenvalue weighted by Crippen LogP contribution is -2.46.